The summed E-state index contributed by atoms with van der Waals surface area (Å²) in [5.74, 6) is -0.0138. The lowest BCUT2D eigenvalue weighted by atomic mass is 9.99. The van der Waals surface area contributed by atoms with Gasteiger partial charge in [-0.1, -0.05) is 23.7 Å². The summed E-state index contributed by atoms with van der Waals surface area (Å²) in [6.45, 7) is 4.41. The molecule has 1 aliphatic rings. The number of urea groups is 1. The molecule has 0 unspecified atom stereocenters. The highest BCUT2D eigenvalue weighted by Gasteiger charge is 2.36. The van der Waals surface area contributed by atoms with Crippen LogP contribution in [-0.4, -0.2) is 25.2 Å². The summed E-state index contributed by atoms with van der Waals surface area (Å²) in [4.78, 5) is 24.8. The molecule has 1 aliphatic heterocycles. The van der Waals surface area contributed by atoms with Gasteiger partial charge in [0.1, 0.15) is 24.4 Å². The second-order valence-corrected chi connectivity index (χ2v) is 6.88. The normalized spacial score (nSPS) is 17.7. The number of amides is 2. The van der Waals surface area contributed by atoms with E-state index in [1.165, 1.54) is 6.26 Å². The second-order valence-electron chi connectivity index (χ2n) is 6.44. The summed E-state index contributed by atoms with van der Waals surface area (Å²) in [6.07, 6.45) is 1.50. The number of rotatable bonds is 7. The van der Waals surface area contributed by atoms with Gasteiger partial charge in [0.2, 0.25) is 0 Å². The van der Waals surface area contributed by atoms with E-state index in [4.69, 9.17) is 20.8 Å². The molecular formula is C20H23ClN3O4+. The zero-order valence-corrected chi connectivity index (χ0v) is 16.5. The van der Waals surface area contributed by atoms with Crippen molar-refractivity contribution in [3.05, 3.63) is 70.3 Å². The molecule has 1 aromatic heterocycles. The lowest BCUT2D eigenvalue weighted by Crippen LogP contribution is -2.86. The first kappa shape index (κ1) is 20.0. The number of ether oxygens (including phenoxy) is 1. The first-order chi connectivity index (χ1) is 13.5. The van der Waals surface area contributed by atoms with E-state index >= 15 is 0 Å². The van der Waals surface area contributed by atoms with Gasteiger partial charge in [0, 0.05) is 10.6 Å². The van der Waals surface area contributed by atoms with E-state index in [1.54, 1.807) is 19.1 Å². The Hall–Kier alpha value is -2.77. The molecule has 4 N–H and O–H groups in total. The summed E-state index contributed by atoms with van der Waals surface area (Å²) in [5.41, 5.74) is 1.94. The molecule has 2 aromatic rings. The monoisotopic (exact) mass is 404 g/mol. The van der Waals surface area contributed by atoms with Crippen molar-refractivity contribution in [2.24, 2.45) is 0 Å². The van der Waals surface area contributed by atoms with Gasteiger partial charge in [-0.3, -0.25) is 0 Å². The van der Waals surface area contributed by atoms with Gasteiger partial charge in [0.25, 0.3) is 0 Å². The lowest BCUT2D eigenvalue weighted by molar-refractivity contribution is -0.686. The molecule has 0 saturated heterocycles. The second kappa shape index (κ2) is 8.95. The van der Waals surface area contributed by atoms with Crippen LogP contribution in [0.3, 0.4) is 0 Å². The molecule has 8 heteroatoms. The van der Waals surface area contributed by atoms with Crippen LogP contribution in [0, 0.1) is 0 Å². The molecule has 28 heavy (non-hydrogen) atoms. The van der Waals surface area contributed by atoms with Crippen LogP contribution in [0.1, 0.15) is 37.3 Å². The molecule has 0 spiro atoms. The predicted octanol–water partition coefficient (Wildman–Crippen LogP) is 2.43. The van der Waals surface area contributed by atoms with E-state index in [0.717, 1.165) is 5.56 Å². The number of quaternary nitrogens is 1. The number of carbonyl (C=O) groups is 2. The third-order valence-electron chi connectivity index (χ3n) is 4.55. The molecule has 2 heterocycles. The van der Waals surface area contributed by atoms with E-state index in [-0.39, 0.29) is 12.6 Å². The highest BCUT2D eigenvalue weighted by atomic mass is 35.5. The van der Waals surface area contributed by atoms with Crippen molar-refractivity contribution >= 4 is 23.6 Å². The quantitative estimate of drug-likeness (QED) is 0.617. The molecule has 148 valence electrons. The van der Waals surface area contributed by atoms with Gasteiger partial charge >= 0.3 is 12.0 Å². The number of hydrogen-bond acceptors (Lipinski definition) is 4. The lowest BCUT2D eigenvalue weighted by Gasteiger charge is -2.27. The number of halogens is 1. The zero-order valence-electron chi connectivity index (χ0n) is 15.7. The molecule has 3 rings (SSSR count). The average molecular weight is 405 g/mol. The fraction of sp³-hybridized carbons (Fsp3) is 0.300. The predicted molar refractivity (Wildman–Crippen MR) is 103 cm³/mol. The number of furan rings is 1. The minimum Gasteiger partial charge on any atom is -0.467 e. The molecule has 2 amide bonds. The third-order valence-corrected chi connectivity index (χ3v) is 4.80. The molecular weight excluding hydrogens is 382 g/mol. The molecule has 0 aliphatic carbocycles. The van der Waals surface area contributed by atoms with Crippen molar-refractivity contribution in [1.82, 2.24) is 10.6 Å². The maximum atomic E-state index is 12.6. The van der Waals surface area contributed by atoms with E-state index in [2.05, 4.69) is 10.6 Å². The molecule has 0 fully saturated rings. The molecule has 0 bridgehead atoms. The van der Waals surface area contributed by atoms with E-state index in [9.17, 15) is 9.59 Å². The fourth-order valence-corrected chi connectivity index (χ4v) is 3.22. The van der Waals surface area contributed by atoms with Crippen molar-refractivity contribution in [1.29, 1.82) is 0 Å². The van der Waals surface area contributed by atoms with E-state index < -0.39 is 18.0 Å². The smallest absolute Gasteiger partial charge is 0.338 e. The summed E-state index contributed by atoms with van der Waals surface area (Å²) >= 11 is 5.95. The molecule has 2 atom stereocenters. The maximum Gasteiger partial charge on any atom is 0.338 e. The van der Waals surface area contributed by atoms with Crippen LogP contribution in [0.25, 0.3) is 0 Å². The Labute approximate surface area is 168 Å². The minimum absolute atomic E-state index is 0.0991. The van der Waals surface area contributed by atoms with Crippen molar-refractivity contribution in [3.8, 4) is 0 Å². The maximum absolute atomic E-state index is 12.6. The zero-order chi connectivity index (χ0) is 20.1. The van der Waals surface area contributed by atoms with Gasteiger partial charge in [0.05, 0.1) is 24.1 Å². The largest absolute Gasteiger partial charge is 0.467 e. The summed E-state index contributed by atoms with van der Waals surface area (Å²) < 4.78 is 10.6. The van der Waals surface area contributed by atoms with Gasteiger partial charge in [-0.2, -0.15) is 0 Å². The van der Waals surface area contributed by atoms with Crippen molar-refractivity contribution < 1.29 is 24.1 Å². The molecule has 0 radical (unpaired) electrons. The standard InChI is InChI=1S/C20H22ClN3O4/c1-3-27-19(25)17-15(11-22-12(2)13-6-8-14(21)9-7-13)23-20(26)24-18(17)16-5-4-10-28-16/h4-10,12,18,22H,3,11H2,1-2H3,(H2,23,24,26)/p+1/t12-,18+/m0/s1. The number of nitrogens with two attached hydrogens (primary N) is 1. The average Bonchev–Trinajstić information content (AvgIpc) is 3.21. The summed E-state index contributed by atoms with van der Waals surface area (Å²) in [7, 11) is 0. The third kappa shape index (κ3) is 4.55. The Morgan fingerprint density at radius 1 is 1.32 bits per heavy atom. The van der Waals surface area contributed by atoms with Crippen molar-refractivity contribution in [3.63, 3.8) is 0 Å². The Balaban J connectivity index is 1.86. The summed E-state index contributed by atoms with van der Waals surface area (Å²) in [5, 5.41) is 8.19. The first-order valence-corrected chi connectivity index (χ1v) is 9.47. The number of hydrogen-bond donors (Lipinski definition) is 3. The number of nitrogens with one attached hydrogen (secondary N) is 2. The highest BCUT2D eigenvalue weighted by molar-refractivity contribution is 6.30. The van der Waals surface area contributed by atoms with Crippen LogP contribution in [0.5, 0.6) is 0 Å². The molecule has 1 aromatic carbocycles. The van der Waals surface area contributed by atoms with Crippen LogP contribution in [0.4, 0.5) is 4.79 Å². The topological polar surface area (TPSA) is 97.2 Å². The van der Waals surface area contributed by atoms with Gasteiger partial charge in [0.15, 0.2) is 0 Å². The molecule has 0 saturated carbocycles. The van der Waals surface area contributed by atoms with Crippen LogP contribution in [0.2, 0.25) is 5.02 Å². The van der Waals surface area contributed by atoms with E-state index in [0.29, 0.717) is 28.6 Å². The Morgan fingerprint density at radius 2 is 2.07 bits per heavy atom. The van der Waals surface area contributed by atoms with Gasteiger partial charge in [-0.15, -0.1) is 0 Å². The highest BCUT2D eigenvalue weighted by Crippen LogP contribution is 2.27. The van der Waals surface area contributed by atoms with Crippen LogP contribution >= 0.6 is 11.6 Å². The Bertz CT molecular complexity index is 862. The van der Waals surface area contributed by atoms with Gasteiger partial charge in [-0.05, 0) is 38.1 Å². The van der Waals surface area contributed by atoms with Gasteiger partial charge < -0.3 is 25.1 Å². The first-order valence-electron chi connectivity index (χ1n) is 9.09. The SMILES string of the molecule is CCOC(=O)C1=C(C[NH2+][C@@H](C)c2ccc(Cl)cc2)NC(=O)N[C@@H]1c1ccco1. The van der Waals surface area contributed by atoms with Crippen LogP contribution in [0.15, 0.2) is 58.3 Å². The Kier molecular flexibility index (Phi) is 6.38. The van der Waals surface area contributed by atoms with Crippen molar-refractivity contribution in [2.75, 3.05) is 13.2 Å². The molecule has 7 nitrogen and oxygen atoms in total. The Morgan fingerprint density at radius 3 is 2.71 bits per heavy atom. The van der Waals surface area contributed by atoms with Crippen molar-refractivity contribution in [2.45, 2.75) is 25.9 Å². The fourth-order valence-electron chi connectivity index (χ4n) is 3.09. The summed E-state index contributed by atoms with van der Waals surface area (Å²) in [6, 6.07) is 10.0. The number of benzene rings is 1. The van der Waals surface area contributed by atoms with Crippen LogP contribution < -0.4 is 16.0 Å². The number of esters is 1. The number of carbonyl (C=O) groups excluding carboxylic acids is 2. The minimum atomic E-state index is -0.697. The van der Waals surface area contributed by atoms with E-state index in [1.807, 2.05) is 36.5 Å². The van der Waals surface area contributed by atoms with Gasteiger partial charge in [-0.25, -0.2) is 9.59 Å². The van der Waals surface area contributed by atoms with Crippen LogP contribution in [-0.2, 0) is 9.53 Å².